The molecule has 0 saturated carbocycles. The molecule has 0 radical (unpaired) electrons. The largest absolute Gasteiger partial charge is 0.425 e. The quantitative estimate of drug-likeness (QED) is 0.277. The number of ether oxygens (including phenoxy) is 2. The highest BCUT2D eigenvalue weighted by molar-refractivity contribution is 6.48. The van der Waals surface area contributed by atoms with Gasteiger partial charge in [-0.15, -0.1) is 0 Å². The molecule has 0 N–H and O–H groups in total. The van der Waals surface area contributed by atoms with Gasteiger partial charge in [-0.3, -0.25) is 0 Å². The Labute approximate surface area is 97.5 Å². The van der Waals surface area contributed by atoms with Crippen molar-refractivity contribution in [2.45, 2.75) is 23.3 Å². The summed E-state index contributed by atoms with van der Waals surface area (Å²) in [5, 5.41) is 0. The van der Waals surface area contributed by atoms with Gasteiger partial charge >= 0.3 is 0 Å². The third-order valence-corrected chi connectivity index (χ3v) is 2.78. The second-order valence-corrected chi connectivity index (χ2v) is 5.64. The van der Waals surface area contributed by atoms with Gasteiger partial charge in [0.2, 0.25) is 0 Å². The van der Waals surface area contributed by atoms with Gasteiger partial charge in [0.25, 0.3) is 0 Å². The van der Waals surface area contributed by atoms with Gasteiger partial charge in [0.05, 0.1) is 19.8 Å². The fourth-order valence-electron chi connectivity index (χ4n) is 1.10. The maximum atomic E-state index is 5.97. The molecular weight excluding hydrogens is 243 g/mol. The van der Waals surface area contributed by atoms with Gasteiger partial charge in [0.1, 0.15) is 20.9 Å². The number of hydrogen-bond donors (Lipinski definition) is 0. The molecule has 1 heterocycles. The first-order valence-electron chi connectivity index (χ1n) is 4.70. The van der Waals surface area contributed by atoms with Crippen LogP contribution in [0.15, 0.2) is 0 Å². The van der Waals surface area contributed by atoms with Crippen molar-refractivity contribution >= 4 is 33.7 Å². The van der Waals surface area contributed by atoms with Gasteiger partial charge < -0.3 is 13.9 Å². The third kappa shape index (κ3) is 6.21. The average molecular weight is 259 g/mol. The Balaban J connectivity index is 1.90. The average Bonchev–Trinajstić information content (AvgIpc) is 2.87. The molecule has 14 heavy (non-hydrogen) atoms. The standard InChI is InChI=1S/C8H16Cl2O3Si/c9-8(10,6-13-14)2-1-3-11-4-7-5-12-7/h7H,1-6H2,14H3. The summed E-state index contributed by atoms with van der Waals surface area (Å²) in [6.45, 7) is 2.62. The Morgan fingerprint density at radius 1 is 1.50 bits per heavy atom. The van der Waals surface area contributed by atoms with E-state index in [9.17, 15) is 0 Å². The molecule has 0 aliphatic carbocycles. The van der Waals surface area contributed by atoms with Gasteiger partial charge in [0.15, 0.2) is 0 Å². The highest BCUT2D eigenvalue weighted by atomic mass is 35.5. The van der Waals surface area contributed by atoms with Crippen LogP contribution >= 0.6 is 23.2 Å². The number of alkyl halides is 2. The molecule has 0 spiro atoms. The zero-order valence-electron chi connectivity index (χ0n) is 8.30. The maximum absolute atomic E-state index is 5.97. The summed E-state index contributed by atoms with van der Waals surface area (Å²) in [6.07, 6.45) is 1.88. The minimum absolute atomic E-state index is 0.330. The molecule has 1 aliphatic heterocycles. The summed E-state index contributed by atoms with van der Waals surface area (Å²) < 4.78 is 14.6. The van der Waals surface area contributed by atoms with E-state index in [1.54, 1.807) is 0 Å². The van der Waals surface area contributed by atoms with Crippen molar-refractivity contribution in [1.29, 1.82) is 0 Å². The molecule has 0 aromatic heterocycles. The Bertz CT molecular complexity index is 165. The molecule has 0 aromatic rings. The van der Waals surface area contributed by atoms with E-state index in [1.165, 1.54) is 0 Å². The second kappa shape index (κ2) is 6.30. The van der Waals surface area contributed by atoms with E-state index in [1.807, 2.05) is 0 Å². The van der Waals surface area contributed by atoms with Crippen molar-refractivity contribution in [3.63, 3.8) is 0 Å². The predicted molar refractivity (Wildman–Crippen MR) is 60.1 cm³/mol. The van der Waals surface area contributed by atoms with E-state index >= 15 is 0 Å². The van der Waals surface area contributed by atoms with Crippen molar-refractivity contribution in [1.82, 2.24) is 0 Å². The number of hydrogen-bond acceptors (Lipinski definition) is 3. The molecule has 1 fully saturated rings. The van der Waals surface area contributed by atoms with Crippen LogP contribution in [0.5, 0.6) is 0 Å². The third-order valence-electron chi connectivity index (χ3n) is 1.89. The van der Waals surface area contributed by atoms with Gasteiger partial charge in [-0.05, 0) is 12.8 Å². The molecule has 0 amide bonds. The summed E-state index contributed by atoms with van der Waals surface area (Å²) in [7, 11) is 0.669. The molecule has 6 heteroatoms. The molecule has 3 nitrogen and oxygen atoms in total. The Morgan fingerprint density at radius 2 is 2.21 bits per heavy atom. The van der Waals surface area contributed by atoms with Crippen molar-refractivity contribution in [2.75, 3.05) is 26.4 Å². The van der Waals surface area contributed by atoms with Gasteiger partial charge in [-0.25, -0.2) is 0 Å². The van der Waals surface area contributed by atoms with E-state index in [0.29, 0.717) is 42.8 Å². The van der Waals surface area contributed by atoms with Crippen molar-refractivity contribution in [3.05, 3.63) is 0 Å². The molecule has 1 unspecified atom stereocenters. The summed E-state index contributed by atoms with van der Waals surface area (Å²) in [5.41, 5.74) is 0. The Morgan fingerprint density at radius 3 is 2.79 bits per heavy atom. The zero-order chi connectivity index (χ0) is 10.4. The smallest absolute Gasteiger partial charge is 0.146 e. The SMILES string of the molecule is [SiH3]OCC(Cl)(Cl)CCCOCC1CO1. The molecule has 84 valence electrons. The van der Waals surface area contributed by atoms with E-state index in [0.717, 1.165) is 13.0 Å². The van der Waals surface area contributed by atoms with Crippen LogP contribution in [0, 0.1) is 0 Å². The van der Waals surface area contributed by atoms with Gasteiger partial charge in [0, 0.05) is 6.61 Å². The lowest BCUT2D eigenvalue weighted by molar-refractivity contribution is 0.111. The van der Waals surface area contributed by atoms with Crippen LogP contribution in [0.1, 0.15) is 12.8 Å². The highest BCUT2D eigenvalue weighted by Crippen LogP contribution is 2.26. The van der Waals surface area contributed by atoms with Crippen molar-refractivity contribution in [2.24, 2.45) is 0 Å². The minimum atomic E-state index is -0.749. The van der Waals surface area contributed by atoms with Crippen LogP contribution < -0.4 is 0 Å². The van der Waals surface area contributed by atoms with Crippen LogP contribution in [-0.4, -0.2) is 47.4 Å². The van der Waals surface area contributed by atoms with Crippen LogP contribution in [0.2, 0.25) is 0 Å². The van der Waals surface area contributed by atoms with E-state index < -0.39 is 4.33 Å². The minimum Gasteiger partial charge on any atom is -0.425 e. The monoisotopic (exact) mass is 258 g/mol. The first-order chi connectivity index (χ1) is 6.64. The molecule has 1 saturated heterocycles. The summed E-state index contributed by atoms with van der Waals surface area (Å²) in [6, 6.07) is 0. The van der Waals surface area contributed by atoms with E-state index in [-0.39, 0.29) is 0 Å². The van der Waals surface area contributed by atoms with E-state index in [4.69, 9.17) is 37.1 Å². The fourth-order valence-corrected chi connectivity index (χ4v) is 2.44. The number of epoxide rings is 1. The summed E-state index contributed by atoms with van der Waals surface area (Å²) >= 11 is 11.9. The first kappa shape index (κ1) is 12.7. The number of halogens is 2. The second-order valence-electron chi connectivity index (χ2n) is 3.42. The fraction of sp³-hybridized carbons (Fsp3) is 1.00. The topological polar surface area (TPSA) is 31.0 Å². The predicted octanol–water partition coefficient (Wildman–Crippen LogP) is 0.653. The molecule has 1 aliphatic rings. The lowest BCUT2D eigenvalue weighted by Gasteiger charge is -2.18. The van der Waals surface area contributed by atoms with Crippen molar-refractivity contribution in [3.8, 4) is 0 Å². The zero-order valence-corrected chi connectivity index (χ0v) is 11.8. The maximum Gasteiger partial charge on any atom is 0.146 e. The van der Waals surface area contributed by atoms with E-state index in [2.05, 4.69) is 0 Å². The highest BCUT2D eigenvalue weighted by Gasteiger charge is 2.24. The summed E-state index contributed by atoms with van der Waals surface area (Å²) in [5.74, 6) is 0. The first-order valence-corrected chi connectivity index (χ1v) is 6.27. The lowest BCUT2D eigenvalue weighted by Crippen LogP contribution is -2.21. The molecule has 0 bridgehead atoms. The van der Waals surface area contributed by atoms with Crippen LogP contribution in [0.25, 0.3) is 0 Å². The number of rotatable bonds is 8. The molecule has 1 rings (SSSR count). The van der Waals surface area contributed by atoms with Crippen LogP contribution in [0.3, 0.4) is 0 Å². The Hall–Kier alpha value is 0.677. The normalized spacial score (nSPS) is 21.4. The molecular formula is C8H16Cl2O3Si. The van der Waals surface area contributed by atoms with Crippen LogP contribution in [0.4, 0.5) is 0 Å². The summed E-state index contributed by atoms with van der Waals surface area (Å²) in [4.78, 5) is 0. The molecule has 1 atom stereocenters. The molecule has 0 aromatic carbocycles. The Kier molecular flexibility index (Phi) is 5.74. The van der Waals surface area contributed by atoms with Gasteiger partial charge in [-0.2, -0.15) is 0 Å². The van der Waals surface area contributed by atoms with Gasteiger partial charge in [-0.1, -0.05) is 23.2 Å². The van der Waals surface area contributed by atoms with Crippen LogP contribution in [-0.2, 0) is 13.9 Å². The van der Waals surface area contributed by atoms with Crippen molar-refractivity contribution < 1.29 is 13.9 Å². The lowest BCUT2D eigenvalue weighted by atomic mass is 10.2.